The topological polar surface area (TPSA) is 73.3 Å². The molecule has 0 spiro atoms. The number of ether oxygens (including phenoxy) is 4. The molecule has 7 nitrogen and oxygen atoms in total. The molecule has 33 heavy (non-hydrogen) atoms. The Bertz CT molecular complexity index is 830. The Morgan fingerprint density at radius 2 is 1.94 bits per heavy atom. The van der Waals surface area contributed by atoms with Crippen LogP contribution in [0.4, 0.5) is 0 Å². The predicted octanol–water partition coefficient (Wildman–Crippen LogP) is 4.14. The fraction of sp³-hybridized carbons (Fsp3) is 0.480. The zero-order chi connectivity index (χ0) is 22.4. The van der Waals surface area contributed by atoms with Gasteiger partial charge >= 0.3 is 0 Å². The van der Waals surface area contributed by atoms with Crippen molar-refractivity contribution in [3.05, 3.63) is 59.7 Å². The maximum atomic E-state index is 5.94. The van der Waals surface area contributed by atoms with E-state index in [4.69, 9.17) is 23.9 Å². The molecule has 1 aliphatic rings. The molecule has 2 aromatic carbocycles. The van der Waals surface area contributed by atoms with Crippen LogP contribution in [0.3, 0.4) is 0 Å². The molecule has 0 amide bonds. The third-order valence-electron chi connectivity index (χ3n) is 5.08. The maximum absolute atomic E-state index is 5.94. The summed E-state index contributed by atoms with van der Waals surface area (Å²) in [5.74, 6) is 2.22. The van der Waals surface area contributed by atoms with Crippen LogP contribution in [0.1, 0.15) is 30.9 Å². The molecule has 2 N–H and O–H groups in total. The van der Waals surface area contributed by atoms with Gasteiger partial charge in [-0.1, -0.05) is 36.4 Å². The van der Waals surface area contributed by atoms with Gasteiger partial charge in [0.1, 0.15) is 6.61 Å². The van der Waals surface area contributed by atoms with Gasteiger partial charge in [0.2, 0.25) is 0 Å². The van der Waals surface area contributed by atoms with Crippen LogP contribution >= 0.6 is 24.0 Å². The molecule has 1 fully saturated rings. The van der Waals surface area contributed by atoms with Gasteiger partial charge < -0.3 is 29.6 Å². The quantitative estimate of drug-likeness (QED) is 0.173. The van der Waals surface area contributed by atoms with Crippen LogP contribution in [-0.2, 0) is 22.6 Å². The smallest absolute Gasteiger partial charge is 0.191 e. The standard InChI is InChI=1S/C25H35N3O4.HI/c1-3-26-25(27-13-7-14-31-22-12-15-30-19-22)28-17-21-10-11-23(24(16-21)29-2)32-18-20-8-5-4-6-9-20;/h4-6,8-11,16,22H,3,7,12-15,17-19H2,1-2H3,(H2,26,27,28);1H. The number of rotatable bonds is 12. The van der Waals surface area contributed by atoms with Gasteiger partial charge in [-0.05, 0) is 43.0 Å². The average Bonchev–Trinajstić information content (AvgIpc) is 3.35. The van der Waals surface area contributed by atoms with Gasteiger partial charge in [0.05, 0.1) is 26.4 Å². The van der Waals surface area contributed by atoms with Gasteiger partial charge in [-0.15, -0.1) is 24.0 Å². The summed E-state index contributed by atoms with van der Waals surface area (Å²) in [7, 11) is 1.66. The highest BCUT2D eigenvalue weighted by molar-refractivity contribution is 14.0. The van der Waals surface area contributed by atoms with Crippen LogP contribution in [0.25, 0.3) is 0 Å². The lowest BCUT2D eigenvalue weighted by Crippen LogP contribution is -2.38. The van der Waals surface area contributed by atoms with Crippen molar-refractivity contribution in [2.24, 2.45) is 4.99 Å². The molecule has 3 rings (SSSR count). The van der Waals surface area contributed by atoms with Crippen molar-refractivity contribution < 1.29 is 18.9 Å². The van der Waals surface area contributed by atoms with E-state index in [0.29, 0.717) is 18.9 Å². The van der Waals surface area contributed by atoms with Crippen molar-refractivity contribution in [3.8, 4) is 11.5 Å². The van der Waals surface area contributed by atoms with Crippen molar-refractivity contribution in [1.29, 1.82) is 0 Å². The first kappa shape index (κ1) is 27.2. The number of halogens is 1. The van der Waals surface area contributed by atoms with Crippen LogP contribution < -0.4 is 20.1 Å². The Kier molecular flexibility index (Phi) is 13.0. The summed E-state index contributed by atoms with van der Waals surface area (Å²) in [5.41, 5.74) is 2.17. The largest absolute Gasteiger partial charge is 0.493 e. The molecule has 1 atom stereocenters. The van der Waals surface area contributed by atoms with E-state index in [1.807, 2.05) is 48.5 Å². The van der Waals surface area contributed by atoms with E-state index in [-0.39, 0.29) is 30.1 Å². The molecule has 0 aromatic heterocycles. The Balaban J connectivity index is 0.00000385. The summed E-state index contributed by atoms with van der Waals surface area (Å²) < 4.78 is 22.6. The highest BCUT2D eigenvalue weighted by atomic mass is 127. The average molecular weight is 569 g/mol. The highest BCUT2D eigenvalue weighted by Crippen LogP contribution is 2.29. The minimum Gasteiger partial charge on any atom is -0.493 e. The zero-order valence-corrected chi connectivity index (χ0v) is 21.9. The molecule has 1 heterocycles. The molecule has 182 valence electrons. The predicted molar refractivity (Wildman–Crippen MR) is 142 cm³/mol. The molecule has 2 aromatic rings. The first-order valence-electron chi connectivity index (χ1n) is 11.3. The van der Waals surface area contributed by atoms with E-state index >= 15 is 0 Å². The lowest BCUT2D eigenvalue weighted by atomic mass is 10.2. The summed E-state index contributed by atoms with van der Waals surface area (Å²) in [4.78, 5) is 4.69. The van der Waals surface area contributed by atoms with Gasteiger partial charge in [0, 0.05) is 26.3 Å². The molecule has 0 bridgehead atoms. The fourth-order valence-corrected chi connectivity index (χ4v) is 3.35. The second-order valence-electron chi connectivity index (χ2n) is 7.59. The van der Waals surface area contributed by atoms with Gasteiger partial charge in [-0.3, -0.25) is 0 Å². The second-order valence-corrected chi connectivity index (χ2v) is 7.59. The molecule has 0 saturated carbocycles. The number of guanidine groups is 1. The Morgan fingerprint density at radius 1 is 1.09 bits per heavy atom. The molecule has 8 heteroatoms. The fourth-order valence-electron chi connectivity index (χ4n) is 3.35. The summed E-state index contributed by atoms with van der Waals surface area (Å²) in [6, 6.07) is 16.0. The number of benzene rings is 2. The van der Waals surface area contributed by atoms with E-state index in [2.05, 4.69) is 17.6 Å². The summed E-state index contributed by atoms with van der Waals surface area (Å²) in [6.07, 6.45) is 2.17. The van der Waals surface area contributed by atoms with Gasteiger partial charge in [0.25, 0.3) is 0 Å². The van der Waals surface area contributed by atoms with E-state index in [9.17, 15) is 0 Å². The van der Waals surface area contributed by atoms with Crippen molar-refractivity contribution >= 4 is 29.9 Å². The number of methoxy groups -OCH3 is 1. The SMILES string of the molecule is CCNC(=NCc1ccc(OCc2ccccc2)c(OC)c1)NCCCOC1CCOC1.I. The van der Waals surface area contributed by atoms with Crippen molar-refractivity contribution in [2.75, 3.05) is 40.0 Å². The molecule has 1 aliphatic heterocycles. The minimum absolute atomic E-state index is 0. The first-order valence-corrected chi connectivity index (χ1v) is 11.3. The van der Waals surface area contributed by atoms with Crippen molar-refractivity contribution in [2.45, 2.75) is 39.0 Å². The van der Waals surface area contributed by atoms with E-state index in [1.54, 1.807) is 7.11 Å². The minimum atomic E-state index is 0. The summed E-state index contributed by atoms with van der Waals surface area (Å²) in [6.45, 7) is 6.96. The maximum Gasteiger partial charge on any atom is 0.191 e. The van der Waals surface area contributed by atoms with E-state index < -0.39 is 0 Å². The van der Waals surface area contributed by atoms with Gasteiger partial charge in [0.15, 0.2) is 17.5 Å². The van der Waals surface area contributed by atoms with Crippen LogP contribution in [0, 0.1) is 0 Å². The van der Waals surface area contributed by atoms with Crippen LogP contribution in [0.2, 0.25) is 0 Å². The Morgan fingerprint density at radius 3 is 2.67 bits per heavy atom. The highest BCUT2D eigenvalue weighted by Gasteiger charge is 2.15. The van der Waals surface area contributed by atoms with Crippen LogP contribution in [0.15, 0.2) is 53.5 Å². The number of hydrogen-bond donors (Lipinski definition) is 2. The summed E-state index contributed by atoms with van der Waals surface area (Å²) >= 11 is 0. The third-order valence-corrected chi connectivity index (χ3v) is 5.08. The number of aliphatic imine (C=N–C) groups is 1. The van der Waals surface area contributed by atoms with Crippen molar-refractivity contribution in [3.63, 3.8) is 0 Å². The Hall–Kier alpha value is -2.04. The monoisotopic (exact) mass is 569 g/mol. The number of nitrogens with one attached hydrogen (secondary N) is 2. The third kappa shape index (κ3) is 9.77. The summed E-state index contributed by atoms with van der Waals surface area (Å²) in [5, 5.41) is 6.65. The molecule has 0 aliphatic carbocycles. The van der Waals surface area contributed by atoms with Crippen LogP contribution in [0.5, 0.6) is 11.5 Å². The normalized spacial score (nSPS) is 15.6. The number of hydrogen-bond acceptors (Lipinski definition) is 5. The Labute approximate surface area is 214 Å². The van der Waals surface area contributed by atoms with Crippen LogP contribution in [-0.4, -0.2) is 52.1 Å². The molecule has 0 radical (unpaired) electrons. The van der Waals surface area contributed by atoms with Gasteiger partial charge in [-0.25, -0.2) is 4.99 Å². The van der Waals surface area contributed by atoms with E-state index in [0.717, 1.165) is 68.6 Å². The number of nitrogens with zero attached hydrogens (tertiary/aromatic N) is 1. The van der Waals surface area contributed by atoms with Gasteiger partial charge in [-0.2, -0.15) is 0 Å². The molecular formula is C25H36IN3O4. The van der Waals surface area contributed by atoms with Crippen molar-refractivity contribution in [1.82, 2.24) is 10.6 Å². The molecular weight excluding hydrogens is 533 g/mol. The zero-order valence-electron chi connectivity index (χ0n) is 19.5. The first-order chi connectivity index (χ1) is 15.8. The lowest BCUT2D eigenvalue weighted by Gasteiger charge is -2.14. The van der Waals surface area contributed by atoms with E-state index in [1.165, 1.54) is 0 Å². The molecule has 1 saturated heterocycles. The lowest BCUT2D eigenvalue weighted by molar-refractivity contribution is 0.0420. The molecule has 1 unspecified atom stereocenters. The second kappa shape index (κ2) is 15.7.